The molecule has 5 heteroatoms. The highest BCUT2D eigenvalue weighted by Crippen LogP contribution is 2.59. The lowest BCUT2D eigenvalue weighted by Gasteiger charge is -2.56. The maximum atomic E-state index is 12.7. The molecule has 3 N–H and O–H groups in total. The van der Waals surface area contributed by atoms with Gasteiger partial charge in [-0.3, -0.25) is 4.79 Å². The number of nitrogen functional groups attached to an aromatic ring is 1. The summed E-state index contributed by atoms with van der Waals surface area (Å²) >= 11 is 0. The Hall–Kier alpha value is -2.04. The Kier molecular flexibility index (Phi) is 3.97. The van der Waals surface area contributed by atoms with Crippen LogP contribution in [0.1, 0.15) is 45.4 Å². The van der Waals surface area contributed by atoms with Crippen LogP contribution >= 0.6 is 0 Å². The molecule has 0 saturated heterocycles. The molecule has 0 aromatic heterocycles. The van der Waals surface area contributed by atoms with Crippen molar-refractivity contribution in [2.24, 2.45) is 23.2 Å². The van der Waals surface area contributed by atoms with E-state index in [0.29, 0.717) is 17.9 Å². The number of carbonyl (C=O) groups excluding carboxylic acids is 2. The van der Waals surface area contributed by atoms with Crippen LogP contribution in [0.4, 0.5) is 16.2 Å². The van der Waals surface area contributed by atoms with Gasteiger partial charge in [-0.05, 0) is 86.0 Å². The van der Waals surface area contributed by atoms with E-state index in [4.69, 9.17) is 5.73 Å². The molecule has 4 fully saturated rings. The molecule has 5 rings (SSSR count). The lowest BCUT2D eigenvalue weighted by molar-refractivity contribution is -0.115. The van der Waals surface area contributed by atoms with Gasteiger partial charge in [0.05, 0.1) is 5.69 Å². The van der Waals surface area contributed by atoms with E-state index in [0.717, 1.165) is 17.8 Å². The van der Waals surface area contributed by atoms with Crippen LogP contribution in [0.2, 0.25) is 0 Å². The molecule has 0 aliphatic heterocycles. The van der Waals surface area contributed by atoms with Gasteiger partial charge in [-0.15, -0.1) is 0 Å². The molecule has 0 atom stereocenters. The van der Waals surface area contributed by atoms with Crippen LogP contribution in [-0.4, -0.2) is 18.5 Å². The molecule has 4 saturated carbocycles. The molecular weight excluding hydrogens is 314 g/mol. The number of anilines is 2. The zero-order valence-corrected chi connectivity index (χ0v) is 14.8. The van der Waals surface area contributed by atoms with Crippen molar-refractivity contribution in [1.82, 2.24) is 5.32 Å². The largest absolute Gasteiger partial charge is 0.399 e. The van der Waals surface area contributed by atoms with Crippen LogP contribution in [-0.2, 0) is 4.79 Å². The Morgan fingerprint density at radius 3 is 2.08 bits per heavy atom. The van der Waals surface area contributed by atoms with Gasteiger partial charge in [0.2, 0.25) is 5.91 Å². The number of benzene rings is 1. The summed E-state index contributed by atoms with van der Waals surface area (Å²) in [6.45, 7) is 2.11. The van der Waals surface area contributed by atoms with E-state index in [1.165, 1.54) is 50.3 Å². The van der Waals surface area contributed by atoms with Gasteiger partial charge in [-0.25, -0.2) is 9.69 Å². The van der Waals surface area contributed by atoms with Crippen molar-refractivity contribution < 1.29 is 9.59 Å². The lowest BCUT2D eigenvalue weighted by atomic mass is 9.49. The van der Waals surface area contributed by atoms with Crippen LogP contribution in [0.3, 0.4) is 0 Å². The average molecular weight is 341 g/mol. The summed E-state index contributed by atoms with van der Waals surface area (Å²) in [6.07, 6.45) is 7.87. The molecule has 0 heterocycles. The molecule has 0 unspecified atom stereocenters. The van der Waals surface area contributed by atoms with Gasteiger partial charge in [0, 0.05) is 19.2 Å². The minimum absolute atomic E-state index is 0.258. The fourth-order valence-electron chi connectivity index (χ4n) is 5.91. The zero-order valence-electron chi connectivity index (χ0n) is 14.8. The molecule has 1 aromatic rings. The van der Waals surface area contributed by atoms with Crippen LogP contribution in [0.15, 0.2) is 24.3 Å². The van der Waals surface area contributed by atoms with E-state index in [2.05, 4.69) is 5.32 Å². The maximum Gasteiger partial charge on any atom is 0.328 e. The van der Waals surface area contributed by atoms with E-state index < -0.39 is 0 Å². The smallest absolute Gasteiger partial charge is 0.328 e. The van der Waals surface area contributed by atoms with Crippen molar-refractivity contribution >= 4 is 23.3 Å². The molecule has 4 bridgehead atoms. The molecule has 3 amide bonds. The van der Waals surface area contributed by atoms with Gasteiger partial charge in [-0.2, -0.15) is 0 Å². The predicted molar refractivity (Wildman–Crippen MR) is 98.0 cm³/mol. The molecule has 5 nitrogen and oxygen atoms in total. The van der Waals surface area contributed by atoms with Gasteiger partial charge in [0.25, 0.3) is 0 Å². The first-order valence-electron chi connectivity index (χ1n) is 9.38. The first kappa shape index (κ1) is 16.4. The summed E-state index contributed by atoms with van der Waals surface area (Å²) < 4.78 is 0. The molecule has 1 aromatic carbocycles. The number of hydrogen-bond donors (Lipinski definition) is 2. The number of nitrogens with one attached hydrogen (secondary N) is 1. The highest BCUT2D eigenvalue weighted by molar-refractivity contribution is 6.13. The lowest BCUT2D eigenvalue weighted by Crippen LogP contribution is -2.53. The topological polar surface area (TPSA) is 75.4 Å². The van der Waals surface area contributed by atoms with Crippen LogP contribution in [0.25, 0.3) is 0 Å². The molecule has 25 heavy (non-hydrogen) atoms. The highest BCUT2D eigenvalue weighted by Gasteiger charge is 2.50. The normalized spacial score (nSPS) is 32.4. The SMILES string of the molecule is CC(=O)N(C(=O)NCC12CC3CC(CC(C3)C1)C2)c1ccc(N)cc1. The number of urea groups is 1. The second-order valence-corrected chi connectivity index (χ2v) is 8.52. The number of imide groups is 1. The van der Waals surface area contributed by atoms with Crippen molar-refractivity contribution in [1.29, 1.82) is 0 Å². The van der Waals surface area contributed by atoms with Crippen LogP contribution in [0, 0.1) is 23.2 Å². The first-order valence-corrected chi connectivity index (χ1v) is 9.38. The standard InChI is InChI=1S/C20H27N3O2/c1-13(24)23(18-4-2-17(21)3-5-18)19(25)22-12-20-9-14-6-15(10-20)8-16(7-14)11-20/h2-5,14-16H,6-12,21H2,1H3,(H,22,25). The van der Waals surface area contributed by atoms with E-state index in [9.17, 15) is 9.59 Å². The Balaban J connectivity index is 1.45. The fraction of sp³-hybridized carbons (Fsp3) is 0.600. The van der Waals surface area contributed by atoms with Crippen LogP contribution in [0.5, 0.6) is 0 Å². The third kappa shape index (κ3) is 3.12. The van der Waals surface area contributed by atoms with Crippen molar-refractivity contribution in [2.75, 3.05) is 17.2 Å². The number of hydrogen-bond acceptors (Lipinski definition) is 3. The summed E-state index contributed by atoms with van der Waals surface area (Å²) in [5.41, 5.74) is 7.13. The average Bonchev–Trinajstić information content (AvgIpc) is 2.53. The summed E-state index contributed by atoms with van der Waals surface area (Å²) in [5, 5.41) is 3.07. The molecule has 4 aliphatic rings. The minimum Gasteiger partial charge on any atom is -0.399 e. The van der Waals surface area contributed by atoms with Gasteiger partial charge >= 0.3 is 6.03 Å². The van der Waals surface area contributed by atoms with Crippen molar-refractivity contribution in [3.63, 3.8) is 0 Å². The van der Waals surface area contributed by atoms with Crippen molar-refractivity contribution in [3.8, 4) is 0 Å². The van der Waals surface area contributed by atoms with Crippen molar-refractivity contribution in [2.45, 2.75) is 45.4 Å². The molecule has 4 aliphatic carbocycles. The number of nitrogens with zero attached hydrogens (tertiary/aromatic N) is 1. The van der Waals surface area contributed by atoms with E-state index >= 15 is 0 Å². The third-order valence-electron chi connectivity index (χ3n) is 6.45. The number of carbonyl (C=O) groups is 2. The Bertz CT molecular complexity index is 647. The van der Waals surface area contributed by atoms with Gasteiger partial charge in [0.15, 0.2) is 0 Å². The molecule has 0 radical (unpaired) electrons. The molecule has 134 valence electrons. The van der Waals surface area contributed by atoms with Gasteiger partial charge in [0.1, 0.15) is 0 Å². The Morgan fingerprint density at radius 2 is 1.60 bits per heavy atom. The summed E-state index contributed by atoms with van der Waals surface area (Å²) in [4.78, 5) is 26.0. The maximum absolute atomic E-state index is 12.7. The van der Waals surface area contributed by atoms with Crippen molar-refractivity contribution in [3.05, 3.63) is 24.3 Å². The zero-order chi connectivity index (χ0) is 17.6. The second-order valence-electron chi connectivity index (χ2n) is 8.52. The molecular formula is C20H27N3O2. The Morgan fingerprint density at radius 1 is 1.08 bits per heavy atom. The number of rotatable bonds is 3. The van der Waals surface area contributed by atoms with E-state index in [-0.39, 0.29) is 17.4 Å². The fourth-order valence-corrected chi connectivity index (χ4v) is 5.91. The van der Waals surface area contributed by atoms with Gasteiger partial charge < -0.3 is 11.1 Å². The number of amides is 3. The van der Waals surface area contributed by atoms with Gasteiger partial charge in [-0.1, -0.05) is 0 Å². The summed E-state index contributed by atoms with van der Waals surface area (Å²) in [5.74, 6) is 2.27. The van der Waals surface area contributed by atoms with Crippen LogP contribution < -0.4 is 16.0 Å². The third-order valence-corrected chi connectivity index (χ3v) is 6.45. The molecule has 0 spiro atoms. The summed E-state index contributed by atoms with van der Waals surface area (Å²) in [6, 6.07) is 6.50. The minimum atomic E-state index is -0.326. The highest BCUT2D eigenvalue weighted by atomic mass is 16.2. The van der Waals surface area contributed by atoms with E-state index in [1.54, 1.807) is 24.3 Å². The monoisotopic (exact) mass is 341 g/mol. The second kappa shape index (κ2) is 6.04. The Labute approximate surface area is 148 Å². The number of nitrogens with two attached hydrogens (primary N) is 1. The quantitative estimate of drug-likeness (QED) is 0.826. The first-order chi connectivity index (χ1) is 11.9. The predicted octanol–water partition coefficient (Wildman–Crippen LogP) is 3.55. The summed E-state index contributed by atoms with van der Waals surface area (Å²) in [7, 11) is 0. The van der Waals surface area contributed by atoms with E-state index in [1.807, 2.05) is 0 Å².